The number of pyridine rings is 1. The van der Waals surface area contributed by atoms with Gasteiger partial charge in [0.25, 0.3) is 5.91 Å². The van der Waals surface area contributed by atoms with E-state index in [-0.39, 0.29) is 5.91 Å². The van der Waals surface area contributed by atoms with Crippen LogP contribution in [-0.4, -0.2) is 28.1 Å². The van der Waals surface area contributed by atoms with Gasteiger partial charge in [-0.1, -0.05) is 5.16 Å². The summed E-state index contributed by atoms with van der Waals surface area (Å²) < 4.78 is 16.3. The molecule has 1 amide bonds. The number of aryl methyl sites for hydroxylation is 1. The highest BCUT2D eigenvalue weighted by Crippen LogP contribution is 2.31. The molecule has 2 aromatic carbocycles. The molecule has 0 spiro atoms. The number of benzene rings is 2. The summed E-state index contributed by atoms with van der Waals surface area (Å²) in [5.74, 6) is 0.945. The quantitative estimate of drug-likeness (QED) is 0.416. The first-order chi connectivity index (χ1) is 15.6. The molecule has 3 aromatic heterocycles. The number of rotatable bonds is 5. The van der Waals surface area contributed by atoms with Crippen LogP contribution >= 0.6 is 0 Å². The van der Waals surface area contributed by atoms with Crippen molar-refractivity contribution in [2.75, 3.05) is 12.4 Å². The first-order valence-electron chi connectivity index (χ1n) is 9.84. The van der Waals surface area contributed by atoms with Gasteiger partial charge in [0.05, 0.1) is 12.5 Å². The van der Waals surface area contributed by atoms with Gasteiger partial charge in [-0.25, -0.2) is 4.98 Å². The minimum atomic E-state index is -0.247. The number of amides is 1. The minimum absolute atomic E-state index is 0.247. The minimum Gasteiger partial charge on any atom is -0.497 e. The molecule has 158 valence electrons. The van der Waals surface area contributed by atoms with Crippen LogP contribution in [0.15, 0.2) is 76.0 Å². The zero-order valence-electron chi connectivity index (χ0n) is 17.3. The third-order valence-electron chi connectivity index (χ3n) is 4.97. The summed E-state index contributed by atoms with van der Waals surface area (Å²) in [7, 11) is 1.61. The number of hydrogen-bond donors (Lipinski definition) is 1. The summed E-state index contributed by atoms with van der Waals surface area (Å²) in [6, 6.07) is 16.1. The Hall–Kier alpha value is -4.46. The Balaban J connectivity index is 1.45. The molecule has 0 fully saturated rings. The molecular weight excluding hydrogens is 408 g/mol. The van der Waals surface area contributed by atoms with E-state index in [2.05, 4.69) is 20.4 Å². The van der Waals surface area contributed by atoms with Crippen LogP contribution in [0.1, 0.15) is 16.1 Å². The van der Waals surface area contributed by atoms with Crippen molar-refractivity contribution in [2.45, 2.75) is 6.92 Å². The van der Waals surface area contributed by atoms with E-state index in [0.29, 0.717) is 39.5 Å². The SMILES string of the molecule is COc1ccc(-c2nc(-c3noc4ccc(C(=O)Nc5ccnc(C)c5)cc34)co2)cc1. The van der Waals surface area contributed by atoms with E-state index in [0.717, 1.165) is 17.0 Å². The number of nitrogens with one attached hydrogen (secondary N) is 1. The molecule has 0 atom stereocenters. The van der Waals surface area contributed by atoms with Crippen molar-refractivity contribution in [3.8, 4) is 28.6 Å². The highest BCUT2D eigenvalue weighted by atomic mass is 16.5. The second-order valence-electron chi connectivity index (χ2n) is 7.15. The van der Waals surface area contributed by atoms with Gasteiger partial charge in [-0.15, -0.1) is 0 Å². The molecule has 0 unspecified atom stereocenters. The van der Waals surface area contributed by atoms with Crippen molar-refractivity contribution in [1.29, 1.82) is 0 Å². The molecule has 32 heavy (non-hydrogen) atoms. The van der Waals surface area contributed by atoms with Gasteiger partial charge in [0.1, 0.15) is 23.4 Å². The van der Waals surface area contributed by atoms with Crippen molar-refractivity contribution in [1.82, 2.24) is 15.1 Å². The van der Waals surface area contributed by atoms with Crippen molar-refractivity contribution >= 4 is 22.6 Å². The van der Waals surface area contributed by atoms with Crippen LogP contribution in [0.3, 0.4) is 0 Å². The lowest BCUT2D eigenvalue weighted by atomic mass is 10.1. The highest BCUT2D eigenvalue weighted by Gasteiger charge is 2.18. The lowest BCUT2D eigenvalue weighted by Gasteiger charge is -2.05. The van der Waals surface area contributed by atoms with Gasteiger partial charge in [-0.2, -0.15) is 0 Å². The molecule has 0 aliphatic carbocycles. The van der Waals surface area contributed by atoms with Gasteiger partial charge in [-0.3, -0.25) is 9.78 Å². The Kier molecular flexibility index (Phi) is 4.87. The first kappa shape index (κ1) is 19.5. The second-order valence-corrected chi connectivity index (χ2v) is 7.15. The van der Waals surface area contributed by atoms with E-state index in [4.69, 9.17) is 13.7 Å². The molecule has 0 aliphatic rings. The lowest BCUT2D eigenvalue weighted by molar-refractivity contribution is 0.102. The van der Waals surface area contributed by atoms with Crippen LogP contribution in [0.2, 0.25) is 0 Å². The first-order valence-corrected chi connectivity index (χ1v) is 9.84. The summed E-state index contributed by atoms with van der Waals surface area (Å²) in [6.45, 7) is 1.86. The molecule has 1 N–H and O–H groups in total. The maximum Gasteiger partial charge on any atom is 0.255 e. The van der Waals surface area contributed by atoms with Crippen LogP contribution < -0.4 is 10.1 Å². The Bertz CT molecular complexity index is 1420. The zero-order chi connectivity index (χ0) is 22.1. The van der Waals surface area contributed by atoms with Crippen LogP contribution in [0.5, 0.6) is 5.75 Å². The number of methoxy groups -OCH3 is 1. The van der Waals surface area contributed by atoms with E-state index in [1.54, 1.807) is 43.6 Å². The maximum absolute atomic E-state index is 12.8. The fraction of sp³-hybridized carbons (Fsp3) is 0.0833. The predicted octanol–water partition coefficient (Wildman–Crippen LogP) is 5.11. The van der Waals surface area contributed by atoms with E-state index < -0.39 is 0 Å². The number of nitrogens with zero attached hydrogens (tertiary/aromatic N) is 3. The average molecular weight is 426 g/mol. The Morgan fingerprint density at radius 1 is 1.06 bits per heavy atom. The molecule has 3 heterocycles. The molecule has 0 radical (unpaired) electrons. The van der Waals surface area contributed by atoms with Crippen molar-refractivity contribution in [3.63, 3.8) is 0 Å². The third-order valence-corrected chi connectivity index (χ3v) is 4.97. The Labute approximate surface area is 182 Å². The van der Waals surface area contributed by atoms with E-state index in [1.807, 2.05) is 31.2 Å². The van der Waals surface area contributed by atoms with Gasteiger partial charge >= 0.3 is 0 Å². The van der Waals surface area contributed by atoms with E-state index in [1.165, 1.54) is 6.26 Å². The van der Waals surface area contributed by atoms with E-state index in [9.17, 15) is 4.79 Å². The molecule has 5 rings (SSSR count). The number of carbonyl (C=O) groups excluding carboxylic acids is 1. The summed E-state index contributed by atoms with van der Waals surface area (Å²) in [6.07, 6.45) is 3.17. The molecule has 5 aromatic rings. The van der Waals surface area contributed by atoms with Gasteiger partial charge in [-0.05, 0) is 61.5 Å². The normalized spacial score (nSPS) is 10.9. The summed E-state index contributed by atoms with van der Waals surface area (Å²) in [4.78, 5) is 21.4. The highest BCUT2D eigenvalue weighted by molar-refractivity contribution is 6.07. The number of oxazole rings is 1. The maximum atomic E-state index is 12.8. The number of hydrogen-bond acceptors (Lipinski definition) is 7. The molecular formula is C24H18N4O4. The zero-order valence-corrected chi connectivity index (χ0v) is 17.3. The Morgan fingerprint density at radius 3 is 2.69 bits per heavy atom. The van der Waals surface area contributed by atoms with Crippen LogP contribution in [0.25, 0.3) is 33.8 Å². The van der Waals surface area contributed by atoms with Gasteiger partial charge < -0.3 is 19.0 Å². The van der Waals surface area contributed by atoms with Crippen LogP contribution in [0, 0.1) is 6.92 Å². The monoisotopic (exact) mass is 426 g/mol. The summed E-state index contributed by atoms with van der Waals surface area (Å²) in [5.41, 5.74) is 4.32. The predicted molar refractivity (Wildman–Crippen MR) is 118 cm³/mol. The van der Waals surface area contributed by atoms with Crippen molar-refractivity contribution < 1.29 is 18.5 Å². The fourth-order valence-electron chi connectivity index (χ4n) is 3.34. The standard InChI is InChI=1S/C24H18N4O4/c1-14-11-17(9-10-25-14)26-23(29)16-5-8-21-19(12-16)22(28-32-21)20-13-31-24(27-20)15-3-6-18(30-2)7-4-15/h3-13H,1-2H3,(H,25,26,29). The van der Waals surface area contributed by atoms with Gasteiger partial charge in [0.2, 0.25) is 5.89 Å². The Morgan fingerprint density at radius 2 is 1.91 bits per heavy atom. The number of ether oxygens (including phenoxy) is 1. The lowest BCUT2D eigenvalue weighted by Crippen LogP contribution is -2.11. The number of carbonyl (C=O) groups is 1. The number of anilines is 1. The molecule has 0 aliphatic heterocycles. The molecule has 8 heteroatoms. The van der Waals surface area contributed by atoms with Crippen molar-refractivity contribution in [2.24, 2.45) is 0 Å². The largest absolute Gasteiger partial charge is 0.497 e. The molecule has 0 saturated heterocycles. The van der Waals surface area contributed by atoms with Gasteiger partial charge in [0, 0.05) is 28.7 Å². The molecule has 8 nitrogen and oxygen atoms in total. The molecule has 0 saturated carbocycles. The summed E-state index contributed by atoms with van der Waals surface area (Å²) in [5, 5.41) is 7.68. The third kappa shape index (κ3) is 3.69. The fourth-order valence-corrected chi connectivity index (χ4v) is 3.34. The van der Waals surface area contributed by atoms with E-state index >= 15 is 0 Å². The second kappa shape index (κ2) is 7.99. The smallest absolute Gasteiger partial charge is 0.255 e. The van der Waals surface area contributed by atoms with Crippen LogP contribution in [-0.2, 0) is 0 Å². The average Bonchev–Trinajstić information content (AvgIpc) is 3.46. The number of fused-ring (bicyclic) bond motifs is 1. The topological polar surface area (TPSA) is 103 Å². The molecule has 0 bridgehead atoms. The van der Waals surface area contributed by atoms with Crippen LogP contribution in [0.4, 0.5) is 5.69 Å². The summed E-state index contributed by atoms with van der Waals surface area (Å²) >= 11 is 0. The van der Waals surface area contributed by atoms with Gasteiger partial charge in [0.15, 0.2) is 5.58 Å². The van der Waals surface area contributed by atoms with Crippen molar-refractivity contribution in [3.05, 3.63) is 78.3 Å². The number of aromatic nitrogens is 3.